The molecule has 0 radical (unpaired) electrons. The first kappa shape index (κ1) is 12.2. The van der Waals surface area contributed by atoms with Gasteiger partial charge in [-0.3, -0.25) is 4.79 Å². The van der Waals surface area contributed by atoms with Crippen LogP contribution in [0.1, 0.15) is 25.7 Å². The van der Waals surface area contributed by atoms with Crippen molar-refractivity contribution in [2.45, 2.75) is 25.7 Å². The third-order valence-electron chi connectivity index (χ3n) is 3.81. The third kappa shape index (κ3) is 2.89. The van der Waals surface area contributed by atoms with E-state index in [9.17, 15) is 4.79 Å². The van der Waals surface area contributed by atoms with Crippen LogP contribution in [0.2, 0.25) is 0 Å². The summed E-state index contributed by atoms with van der Waals surface area (Å²) in [6, 6.07) is 0. The van der Waals surface area contributed by atoms with E-state index >= 15 is 0 Å². The van der Waals surface area contributed by atoms with Crippen molar-refractivity contribution in [2.24, 2.45) is 11.8 Å². The summed E-state index contributed by atoms with van der Waals surface area (Å²) in [6.45, 7) is 3.55. The van der Waals surface area contributed by atoms with Crippen molar-refractivity contribution in [3.8, 4) is 0 Å². The van der Waals surface area contributed by atoms with E-state index in [1.165, 1.54) is 12.8 Å². The van der Waals surface area contributed by atoms with Gasteiger partial charge in [-0.05, 0) is 31.1 Å². The highest BCUT2D eigenvalue weighted by molar-refractivity contribution is 6.27. The van der Waals surface area contributed by atoms with Gasteiger partial charge in [-0.2, -0.15) is 0 Å². The Kier molecular flexibility index (Phi) is 4.47. The number of amides is 1. The number of hydrogen-bond acceptors (Lipinski definition) is 2. The number of alkyl halides is 1. The summed E-state index contributed by atoms with van der Waals surface area (Å²) in [5, 5.41) is 0. The van der Waals surface area contributed by atoms with Gasteiger partial charge in [-0.25, -0.2) is 0 Å². The summed E-state index contributed by atoms with van der Waals surface area (Å²) in [5.41, 5.74) is 0. The highest BCUT2D eigenvalue weighted by Crippen LogP contribution is 2.29. The molecule has 2 heterocycles. The Morgan fingerprint density at radius 3 is 2.88 bits per heavy atom. The van der Waals surface area contributed by atoms with E-state index in [4.69, 9.17) is 16.3 Å². The summed E-state index contributed by atoms with van der Waals surface area (Å²) < 4.78 is 5.44. The van der Waals surface area contributed by atoms with Gasteiger partial charge in [-0.15, -0.1) is 11.6 Å². The van der Waals surface area contributed by atoms with Gasteiger partial charge in [0.15, 0.2) is 0 Å². The first-order valence-electron chi connectivity index (χ1n) is 6.22. The average molecular weight is 246 g/mol. The second kappa shape index (κ2) is 5.87. The van der Waals surface area contributed by atoms with Crippen LogP contribution in [0.25, 0.3) is 0 Å². The molecule has 0 N–H and O–H groups in total. The Bertz CT molecular complexity index is 241. The molecule has 3 nitrogen and oxygen atoms in total. The number of carbonyl (C=O) groups excluding carboxylic acids is 1. The second-order valence-electron chi connectivity index (χ2n) is 4.85. The lowest BCUT2D eigenvalue weighted by Gasteiger charge is -2.26. The molecule has 2 rings (SSSR count). The SMILES string of the molecule is O=C(CCl)N1CCCCC(C2CCOC2)C1. The molecule has 0 aromatic heterocycles. The van der Waals surface area contributed by atoms with Gasteiger partial charge < -0.3 is 9.64 Å². The van der Waals surface area contributed by atoms with Gasteiger partial charge in [-0.1, -0.05) is 6.42 Å². The van der Waals surface area contributed by atoms with Crippen molar-refractivity contribution >= 4 is 17.5 Å². The maximum Gasteiger partial charge on any atom is 0.237 e. The molecule has 0 aromatic carbocycles. The largest absolute Gasteiger partial charge is 0.381 e. The molecule has 2 unspecified atom stereocenters. The van der Waals surface area contributed by atoms with Crippen LogP contribution in [0.4, 0.5) is 0 Å². The smallest absolute Gasteiger partial charge is 0.237 e. The molecule has 0 aliphatic carbocycles. The van der Waals surface area contributed by atoms with E-state index in [0.717, 1.165) is 39.1 Å². The third-order valence-corrected chi connectivity index (χ3v) is 4.04. The Morgan fingerprint density at radius 2 is 2.19 bits per heavy atom. The summed E-state index contributed by atoms with van der Waals surface area (Å²) in [7, 11) is 0. The van der Waals surface area contributed by atoms with Crippen molar-refractivity contribution in [2.75, 3.05) is 32.2 Å². The van der Waals surface area contributed by atoms with E-state index in [1.54, 1.807) is 0 Å². The minimum absolute atomic E-state index is 0.0903. The standard InChI is InChI=1S/C12H20ClNO2/c13-7-12(15)14-5-2-1-3-10(8-14)11-4-6-16-9-11/h10-11H,1-9H2. The minimum Gasteiger partial charge on any atom is -0.381 e. The molecule has 92 valence electrons. The number of nitrogens with zero attached hydrogens (tertiary/aromatic N) is 1. The molecule has 2 fully saturated rings. The lowest BCUT2D eigenvalue weighted by molar-refractivity contribution is -0.129. The van der Waals surface area contributed by atoms with Crippen LogP contribution in [0.5, 0.6) is 0 Å². The summed E-state index contributed by atoms with van der Waals surface area (Å²) in [5.74, 6) is 1.49. The molecule has 4 heteroatoms. The monoisotopic (exact) mass is 245 g/mol. The maximum absolute atomic E-state index is 11.6. The summed E-state index contributed by atoms with van der Waals surface area (Å²) in [6.07, 6.45) is 4.74. The normalized spacial score (nSPS) is 31.4. The van der Waals surface area contributed by atoms with Gasteiger partial charge in [0.1, 0.15) is 5.88 Å². The van der Waals surface area contributed by atoms with Crippen LogP contribution in [-0.4, -0.2) is 43.0 Å². The number of halogens is 1. The van der Waals surface area contributed by atoms with Gasteiger partial charge in [0.05, 0.1) is 0 Å². The highest BCUT2D eigenvalue weighted by Gasteiger charge is 2.29. The molecule has 16 heavy (non-hydrogen) atoms. The topological polar surface area (TPSA) is 29.5 Å². The number of ether oxygens (including phenoxy) is 1. The molecule has 0 saturated carbocycles. The van der Waals surface area contributed by atoms with Crippen molar-refractivity contribution in [1.82, 2.24) is 4.90 Å². The Labute approximate surface area is 102 Å². The van der Waals surface area contributed by atoms with Crippen molar-refractivity contribution in [3.05, 3.63) is 0 Å². The molecule has 2 saturated heterocycles. The van der Waals surface area contributed by atoms with E-state index in [-0.39, 0.29) is 11.8 Å². The van der Waals surface area contributed by atoms with E-state index < -0.39 is 0 Å². The highest BCUT2D eigenvalue weighted by atomic mass is 35.5. The van der Waals surface area contributed by atoms with Crippen LogP contribution < -0.4 is 0 Å². The fourth-order valence-corrected chi connectivity index (χ4v) is 2.96. The quantitative estimate of drug-likeness (QED) is 0.696. The molecule has 2 atom stereocenters. The predicted molar refractivity (Wildman–Crippen MR) is 63.6 cm³/mol. The molecule has 2 aliphatic heterocycles. The van der Waals surface area contributed by atoms with Crippen LogP contribution in [0, 0.1) is 11.8 Å². The van der Waals surface area contributed by atoms with Gasteiger partial charge >= 0.3 is 0 Å². The fourth-order valence-electron chi connectivity index (χ4n) is 2.80. The predicted octanol–water partition coefficient (Wildman–Crippen LogP) is 1.89. The number of hydrogen-bond donors (Lipinski definition) is 0. The van der Waals surface area contributed by atoms with Crippen molar-refractivity contribution < 1.29 is 9.53 Å². The van der Waals surface area contributed by atoms with E-state index in [1.807, 2.05) is 4.90 Å². The van der Waals surface area contributed by atoms with E-state index in [0.29, 0.717) is 11.8 Å². The molecule has 0 bridgehead atoms. The van der Waals surface area contributed by atoms with Crippen LogP contribution in [0.3, 0.4) is 0 Å². The van der Waals surface area contributed by atoms with Crippen LogP contribution in [0.15, 0.2) is 0 Å². The zero-order chi connectivity index (χ0) is 11.4. The van der Waals surface area contributed by atoms with Crippen molar-refractivity contribution in [3.63, 3.8) is 0 Å². The van der Waals surface area contributed by atoms with Gasteiger partial charge in [0.25, 0.3) is 0 Å². The minimum atomic E-state index is 0.0903. The maximum atomic E-state index is 11.6. The molecule has 2 aliphatic rings. The van der Waals surface area contributed by atoms with Crippen LogP contribution >= 0.6 is 11.6 Å². The number of likely N-dealkylation sites (tertiary alicyclic amines) is 1. The zero-order valence-electron chi connectivity index (χ0n) is 9.66. The van der Waals surface area contributed by atoms with Crippen LogP contribution in [-0.2, 0) is 9.53 Å². The summed E-state index contributed by atoms with van der Waals surface area (Å²) in [4.78, 5) is 13.6. The molecular formula is C12H20ClNO2. The Hall–Kier alpha value is -0.280. The van der Waals surface area contributed by atoms with Gasteiger partial charge in [0, 0.05) is 26.3 Å². The fraction of sp³-hybridized carbons (Fsp3) is 0.917. The number of rotatable bonds is 2. The van der Waals surface area contributed by atoms with Crippen molar-refractivity contribution in [1.29, 1.82) is 0 Å². The molecule has 0 aromatic rings. The first-order valence-corrected chi connectivity index (χ1v) is 6.76. The molecule has 1 amide bonds. The van der Waals surface area contributed by atoms with E-state index in [2.05, 4.69) is 0 Å². The Balaban J connectivity index is 1.94. The first-order chi connectivity index (χ1) is 7.81. The zero-order valence-corrected chi connectivity index (χ0v) is 10.4. The Morgan fingerprint density at radius 1 is 1.31 bits per heavy atom. The lowest BCUT2D eigenvalue weighted by atomic mass is 9.88. The van der Waals surface area contributed by atoms with Gasteiger partial charge in [0.2, 0.25) is 5.91 Å². The number of carbonyl (C=O) groups is 1. The molecule has 0 spiro atoms. The second-order valence-corrected chi connectivity index (χ2v) is 5.12. The average Bonchev–Trinajstić information content (AvgIpc) is 2.73. The summed E-state index contributed by atoms with van der Waals surface area (Å²) >= 11 is 5.63. The molecular weight excluding hydrogens is 226 g/mol. The lowest BCUT2D eigenvalue weighted by Crippen LogP contribution is -2.37.